The van der Waals surface area contributed by atoms with E-state index in [0.717, 1.165) is 28.5 Å². The van der Waals surface area contributed by atoms with Gasteiger partial charge in [0.1, 0.15) is 0 Å². The molecule has 10 heteroatoms. The highest BCUT2D eigenvalue weighted by atomic mass is 35.5. The van der Waals surface area contributed by atoms with Gasteiger partial charge in [0, 0.05) is 23.2 Å². The lowest BCUT2D eigenvalue weighted by Crippen LogP contribution is -2.24. The van der Waals surface area contributed by atoms with Gasteiger partial charge in [-0.3, -0.25) is 19.4 Å². The van der Waals surface area contributed by atoms with Gasteiger partial charge in [0.2, 0.25) is 11.8 Å². The zero-order valence-corrected chi connectivity index (χ0v) is 20.4. The third-order valence-corrected chi connectivity index (χ3v) is 6.04. The number of hydrogen-bond donors (Lipinski definition) is 3. The minimum absolute atomic E-state index is 0.0848. The molecule has 1 aromatic heterocycles. The van der Waals surface area contributed by atoms with E-state index in [1.54, 1.807) is 25.1 Å². The standard InChI is InChI=1S/C23H24ClN5O3S/c1-11-8-13(3)19(25-15(5)30)17(9-11)20-22(32)27-23(29-28-20)33-14(4)21(31)26-18-10-16(24)7-6-12(18)2/h6-10,14H,1-5H3,(H,25,30)(H,26,31)(H,27,29,32). The average Bonchev–Trinajstić information content (AvgIpc) is 2.72. The first-order valence-electron chi connectivity index (χ1n) is 10.1. The molecule has 3 N–H and O–H groups in total. The zero-order chi connectivity index (χ0) is 24.3. The predicted molar refractivity (Wildman–Crippen MR) is 132 cm³/mol. The van der Waals surface area contributed by atoms with E-state index in [1.165, 1.54) is 6.92 Å². The number of amides is 2. The lowest BCUT2D eigenvalue weighted by molar-refractivity contribution is -0.115. The Balaban J connectivity index is 1.83. The van der Waals surface area contributed by atoms with E-state index in [0.29, 0.717) is 22.0 Å². The van der Waals surface area contributed by atoms with E-state index in [-0.39, 0.29) is 22.7 Å². The summed E-state index contributed by atoms with van der Waals surface area (Å²) < 4.78 is 0. The van der Waals surface area contributed by atoms with Crippen molar-refractivity contribution in [1.82, 2.24) is 15.2 Å². The number of carbonyl (C=O) groups excluding carboxylic acids is 2. The van der Waals surface area contributed by atoms with Crippen LogP contribution in [0, 0.1) is 20.8 Å². The number of rotatable bonds is 6. The molecule has 0 spiro atoms. The minimum atomic E-state index is -0.560. The maximum Gasteiger partial charge on any atom is 0.278 e. The minimum Gasteiger partial charge on any atom is -0.325 e. The molecule has 1 atom stereocenters. The van der Waals surface area contributed by atoms with Crippen molar-refractivity contribution in [3.8, 4) is 11.3 Å². The van der Waals surface area contributed by atoms with Crippen molar-refractivity contribution in [1.29, 1.82) is 0 Å². The fraction of sp³-hybridized carbons (Fsp3) is 0.261. The van der Waals surface area contributed by atoms with Crippen LogP contribution < -0.4 is 16.2 Å². The fourth-order valence-electron chi connectivity index (χ4n) is 3.23. The first-order chi connectivity index (χ1) is 15.5. The Hall–Kier alpha value is -3.17. The molecule has 0 bridgehead atoms. The van der Waals surface area contributed by atoms with Gasteiger partial charge in [-0.2, -0.15) is 0 Å². The number of nitrogens with zero attached hydrogens (tertiary/aromatic N) is 2. The summed E-state index contributed by atoms with van der Waals surface area (Å²) in [5.41, 5.74) is 3.83. The Kier molecular flexibility index (Phi) is 7.55. The molecule has 2 amide bonds. The second kappa shape index (κ2) is 10.2. The van der Waals surface area contributed by atoms with Gasteiger partial charge in [-0.1, -0.05) is 41.1 Å². The lowest BCUT2D eigenvalue weighted by atomic mass is 10.0. The first kappa shape index (κ1) is 24.5. The molecular formula is C23H24ClN5O3S. The summed E-state index contributed by atoms with van der Waals surface area (Å²) in [5, 5.41) is 14.0. The molecule has 0 fully saturated rings. The largest absolute Gasteiger partial charge is 0.325 e. The predicted octanol–water partition coefficient (Wildman–Crippen LogP) is 4.49. The second-order valence-corrected chi connectivity index (χ2v) is 9.47. The maximum absolute atomic E-state index is 12.8. The monoisotopic (exact) mass is 485 g/mol. The molecule has 0 saturated heterocycles. The number of benzene rings is 2. The number of aromatic nitrogens is 3. The zero-order valence-electron chi connectivity index (χ0n) is 18.9. The molecule has 33 heavy (non-hydrogen) atoms. The summed E-state index contributed by atoms with van der Waals surface area (Å²) in [6.07, 6.45) is 0. The molecule has 0 aliphatic carbocycles. The Morgan fingerprint density at radius 2 is 1.79 bits per heavy atom. The highest BCUT2D eigenvalue weighted by Gasteiger charge is 2.20. The molecule has 0 aliphatic heterocycles. The third kappa shape index (κ3) is 6.00. The molecule has 2 aromatic carbocycles. The molecule has 1 unspecified atom stereocenters. The number of aryl methyl sites for hydroxylation is 3. The summed E-state index contributed by atoms with van der Waals surface area (Å²) in [5.74, 6) is -0.520. The van der Waals surface area contributed by atoms with Crippen LogP contribution in [0.5, 0.6) is 0 Å². The van der Waals surface area contributed by atoms with Crippen LogP contribution in [-0.2, 0) is 9.59 Å². The van der Waals surface area contributed by atoms with Gasteiger partial charge >= 0.3 is 0 Å². The van der Waals surface area contributed by atoms with Crippen LogP contribution in [0.3, 0.4) is 0 Å². The molecule has 0 radical (unpaired) electrons. The van der Waals surface area contributed by atoms with Crippen LogP contribution in [0.1, 0.15) is 30.5 Å². The average molecular weight is 486 g/mol. The van der Waals surface area contributed by atoms with Crippen molar-refractivity contribution in [2.45, 2.75) is 45.0 Å². The van der Waals surface area contributed by atoms with E-state index >= 15 is 0 Å². The molecule has 0 aliphatic rings. The van der Waals surface area contributed by atoms with Gasteiger partial charge < -0.3 is 10.6 Å². The SMILES string of the molecule is CC(=O)Nc1c(C)cc(C)cc1-c1nnc(SC(C)C(=O)Nc2cc(Cl)ccc2C)[nH]c1=O. The number of thioether (sulfide) groups is 1. The van der Waals surface area contributed by atoms with Crippen molar-refractivity contribution in [3.05, 3.63) is 62.4 Å². The van der Waals surface area contributed by atoms with E-state index < -0.39 is 10.8 Å². The van der Waals surface area contributed by atoms with Crippen LogP contribution in [0.15, 0.2) is 40.3 Å². The third-order valence-electron chi connectivity index (χ3n) is 4.83. The van der Waals surface area contributed by atoms with Gasteiger partial charge in [-0.15, -0.1) is 10.2 Å². The molecule has 3 aromatic rings. The van der Waals surface area contributed by atoms with Crippen LogP contribution in [0.25, 0.3) is 11.3 Å². The highest BCUT2D eigenvalue weighted by molar-refractivity contribution is 8.00. The summed E-state index contributed by atoms with van der Waals surface area (Å²) in [6, 6.07) is 8.93. The van der Waals surface area contributed by atoms with Crippen molar-refractivity contribution < 1.29 is 9.59 Å². The molecular weight excluding hydrogens is 462 g/mol. The lowest BCUT2D eigenvalue weighted by Gasteiger charge is -2.14. The highest BCUT2D eigenvalue weighted by Crippen LogP contribution is 2.30. The molecule has 1 heterocycles. The van der Waals surface area contributed by atoms with E-state index in [1.807, 2.05) is 32.9 Å². The topological polar surface area (TPSA) is 117 Å². The molecule has 172 valence electrons. The van der Waals surface area contributed by atoms with Crippen molar-refractivity contribution >= 4 is 46.6 Å². The number of H-pyrrole nitrogens is 1. The summed E-state index contributed by atoms with van der Waals surface area (Å²) in [6.45, 7) is 8.70. The molecule has 3 rings (SSSR count). The fourth-order valence-corrected chi connectivity index (χ4v) is 4.14. The number of aromatic amines is 1. The molecule has 8 nitrogen and oxygen atoms in total. The normalized spacial score (nSPS) is 11.7. The maximum atomic E-state index is 12.8. The summed E-state index contributed by atoms with van der Waals surface area (Å²) >= 11 is 7.09. The second-order valence-electron chi connectivity index (χ2n) is 7.70. The van der Waals surface area contributed by atoms with Crippen LogP contribution >= 0.6 is 23.4 Å². The summed E-state index contributed by atoms with van der Waals surface area (Å²) in [7, 11) is 0. The molecule has 0 saturated carbocycles. The van der Waals surface area contributed by atoms with Gasteiger partial charge in [-0.25, -0.2) is 0 Å². The van der Waals surface area contributed by atoms with Gasteiger partial charge in [0.05, 0.1) is 10.9 Å². The number of carbonyl (C=O) groups is 2. The van der Waals surface area contributed by atoms with Crippen molar-refractivity contribution in [2.75, 3.05) is 10.6 Å². The Bertz CT molecular complexity index is 1290. The first-order valence-corrected chi connectivity index (χ1v) is 11.4. The number of hydrogen-bond acceptors (Lipinski definition) is 6. The van der Waals surface area contributed by atoms with E-state index in [9.17, 15) is 14.4 Å². The Morgan fingerprint density at radius 1 is 1.06 bits per heavy atom. The van der Waals surface area contributed by atoms with Crippen LogP contribution in [0.4, 0.5) is 11.4 Å². The van der Waals surface area contributed by atoms with Crippen LogP contribution in [-0.4, -0.2) is 32.2 Å². The van der Waals surface area contributed by atoms with Crippen LogP contribution in [0.2, 0.25) is 5.02 Å². The number of halogens is 1. The van der Waals surface area contributed by atoms with Crippen molar-refractivity contribution in [3.63, 3.8) is 0 Å². The van der Waals surface area contributed by atoms with Gasteiger partial charge in [-0.05, 0) is 57.0 Å². The van der Waals surface area contributed by atoms with E-state index in [2.05, 4.69) is 25.8 Å². The van der Waals surface area contributed by atoms with Gasteiger partial charge in [0.15, 0.2) is 10.9 Å². The summed E-state index contributed by atoms with van der Waals surface area (Å²) in [4.78, 5) is 39.8. The van der Waals surface area contributed by atoms with Crippen molar-refractivity contribution in [2.24, 2.45) is 0 Å². The number of anilines is 2. The Morgan fingerprint density at radius 3 is 2.45 bits per heavy atom. The van der Waals surface area contributed by atoms with E-state index in [4.69, 9.17) is 11.6 Å². The Labute approximate surface area is 200 Å². The quantitative estimate of drug-likeness (QED) is 0.443. The smallest absolute Gasteiger partial charge is 0.278 e. The van der Waals surface area contributed by atoms with Gasteiger partial charge in [0.25, 0.3) is 5.56 Å². The number of nitrogens with one attached hydrogen (secondary N) is 3.